The number of benzene rings is 2. The van der Waals surface area contributed by atoms with Gasteiger partial charge in [-0.1, -0.05) is 60.7 Å². The zero-order chi connectivity index (χ0) is 95.6. The zero-order valence-corrected chi connectivity index (χ0v) is 72.4. The zero-order valence-electron chi connectivity index (χ0n) is 71.5. The molecular formula is C75H133N39O13S. The van der Waals surface area contributed by atoms with Crippen molar-refractivity contribution in [2.75, 3.05) is 64.7 Å². The molecule has 0 saturated carbocycles. The van der Waals surface area contributed by atoms with Gasteiger partial charge in [-0.2, -0.15) is 12.6 Å². The van der Waals surface area contributed by atoms with Crippen LogP contribution in [0.2, 0.25) is 0 Å². The van der Waals surface area contributed by atoms with Gasteiger partial charge in [0.25, 0.3) is 0 Å². The van der Waals surface area contributed by atoms with Gasteiger partial charge in [0, 0.05) is 77.5 Å². The van der Waals surface area contributed by atoms with Gasteiger partial charge in [-0.3, -0.25) is 101 Å². The maximum absolute atomic E-state index is 15.2. The minimum absolute atomic E-state index is 0.000255. The van der Waals surface area contributed by atoms with Crippen LogP contribution in [0.15, 0.2) is 60.7 Å². The van der Waals surface area contributed by atoms with Crippen LogP contribution in [0, 0.1) is 48.7 Å². The lowest BCUT2D eigenvalue weighted by atomic mass is 10.0. The fourth-order valence-corrected chi connectivity index (χ4v) is 12.6. The van der Waals surface area contributed by atoms with E-state index in [1.54, 1.807) is 60.7 Å². The van der Waals surface area contributed by atoms with Crippen LogP contribution >= 0.6 is 12.6 Å². The first kappa shape index (κ1) is 110. The van der Waals surface area contributed by atoms with E-state index in [0.29, 0.717) is 11.1 Å². The smallest absolute Gasteiger partial charge is 0.327 e. The average molecular weight is 1820 g/mol. The number of aliphatic carboxylic acids is 1. The predicted octanol–water partition coefficient (Wildman–Crippen LogP) is -10.5. The summed E-state index contributed by atoms with van der Waals surface area (Å²) in [6.07, 6.45) is -1.84. The Labute approximate surface area is 746 Å². The summed E-state index contributed by atoms with van der Waals surface area (Å²) < 4.78 is 0. The molecular weight excluding hydrogens is 1690 g/mol. The summed E-state index contributed by atoms with van der Waals surface area (Å²) in [6, 6.07) is -1.49. The first-order valence-corrected chi connectivity index (χ1v) is 42.1. The fraction of sp³-hybridized carbons (Fsp3) is 0.560. The number of amides is 11. The third-order valence-corrected chi connectivity index (χ3v) is 19.3. The Kier molecular flexibility index (Phi) is 53.2. The molecule has 11 amide bonds. The number of nitrogens with one attached hydrogen (secondary N) is 29. The maximum Gasteiger partial charge on any atom is 0.327 e. The van der Waals surface area contributed by atoms with Crippen molar-refractivity contribution in [1.29, 1.82) is 48.7 Å². The number of hydrogen-bond acceptors (Lipinski definition) is 23. The summed E-state index contributed by atoms with van der Waals surface area (Å²) in [7, 11) is 0. The van der Waals surface area contributed by atoms with Crippen LogP contribution in [0.5, 0.6) is 0 Å². The van der Waals surface area contributed by atoms with Crippen LogP contribution < -0.4 is 164 Å². The molecule has 52 nitrogen and oxygen atoms in total. The van der Waals surface area contributed by atoms with E-state index in [1.807, 2.05) is 0 Å². The van der Waals surface area contributed by atoms with E-state index < -0.39 is 185 Å². The SMILES string of the molecule is N=C(N)NCCC[C@H](NC(=O)[C@H](CCCNC(=N)N)NC(=O)[C@H](CCCNC(=N)N)NC(=O)[C@H](CCCNC(=N)N)NC(=O)[C@H](CCCNC(=N)N)NC(=O)[C@H](CCCNC(=N)N)NC(=O)[C@H](CCCNC(=N)N)NC(=O)[C@H](CCCNC(=N)N)NC(=O)[C@@H](N)CCCNC(=N)N)C(=O)N[C@@H](Cc1ccccc1)C(=O)N[C@@H](Cc1ccccc1)C(=O)N[C@@H](CS)C(=O)O. The van der Waals surface area contributed by atoms with Gasteiger partial charge < -0.3 is 169 Å². The van der Waals surface area contributed by atoms with Crippen molar-refractivity contribution < 1.29 is 62.6 Å². The van der Waals surface area contributed by atoms with Crippen molar-refractivity contribution in [2.45, 2.75) is 201 Å². The lowest BCUT2D eigenvalue weighted by molar-refractivity contribution is -0.141. The van der Waals surface area contributed by atoms with Gasteiger partial charge in [0.2, 0.25) is 65.0 Å². The second-order valence-corrected chi connectivity index (χ2v) is 29.9. The molecule has 128 heavy (non-hydrogen) atoms. The van der Waals surface area contributed by atoms with E-state index in [2.05, 4.69) is 119 Å². The number of carboxylic acids is 1. The highest BCUT2D eigenvalue weighted by Gasteiger charge is 2.38. The van der Waals surface area contributed by atoms with Gasteiger partial charge in [0.05, 0.1) is 6.04 Å². The number of carboxylic acid groups (broad SMARTS) is 1. The topological polar surface area (TPSA) is 941 Å². The molecule has 2 aromatic rings. The monoisotopic (exact) mass is 1820 g/mol. The average Bonchev–Trinajstić information content (AvgIpc) is 0.848. The van der Waals surface area contributed by atoms with E-state index in [4.69, 9.17) is 106 Å². The minimum Gasteiger partial charge on any atom is -0.480 e. The van der Waals surface area contributed by atoms with Gasteiger partial charge in [0.1, 0.15) is 66.5 Å². The van der Waals surface area contributed by atoms with Crippen molar-refractivity contribution in [1.82, 2.24) is 106 Å². The molecule has 2 aromatic carbocycles. The molecule has 0 aliphatic carbocycles. The molecule has 53 heteroatoms. The lowest BCUT2D eigenvalue weighted by Crippen LogP contribution is -2.61. The van der Waals surface area contributed by atoms with Crippen molar-refractivity contribution in [3.8, 4) is 0 Å². The number of thiol groups is 1. The molecule has 0 heterocycles. The molecule has 0 saturated heterocycles. The van der Waals surface area contributed by atoms with Crippen LogP contribution in [0.25, 0.3) is 0 Å². The standard InChI is InChI=1S/C75H133N39O13S/c76-43(20-7-29-95-67(77)78)55(115)104-44(21-8-30-96-68(79)80)56(116)105-45(22-9-31-97-69(81)82)57(117)106-46(23-10-32-98-70(83)84)58(118)107-47(24-11-33-99-71(85)86)59(119)108-48(25-12-34-100-72(87)88)60(120)109-49(26-13-35-101-73(89)90)61(121)110-50(27-14-36-102-74(91)92)62(122)111-51(28-15-37-103-75(93)94)63(123)112-52(38-41-16-3-1-4-17-41)64(124)113-53(39-42-18-5-2-6-19-42)65(125)114-54(40-128)66(126)127/h1-6,16-19,43-54,128H,7-15,20-40,76H2,(H,104,115)(H,105,116)(H,106,117)(H,107,118)(H,108,119)(H,109,120)(H,110,121)(H,111,122)(H,112,123)(H,113,124)(H,114,125)(H,126,127)(H4,77,78,95)(H4,79,80,96)(H4,81,82,97)(H4,83,84,98)(H4,85,86,99)(H4,87,88,100)(H4,89,90,101)(H4,91,92,102)(H4,93,94,103)/t43-,44-,45-,46-,47-,48-,49-,50-,51-,52-,53-,54-/m0/s1. The van der Waals surface area contributed by atoms with Crippen molar-refractivity contribution in [3.63, 3.8) is 0 Å². The molecule has 0 spiro atoms. The van der Waals surface area contributed by atoms with Gasteiger partial charge in [0.15, 0.2) is 53.6 Å². The Morgan fingerprint density at radius 2 is 0.406 bits per heavy atom. The second kappa shape index (κ2) is 62.0. The molecule has 0 fully saturated rings. The quantitative estimate of drug-likeness (QED) is 0.0127. The molecule has 50 N–H and O–H groups in total. The molecule has 2 rings (SSSR count). The third-order valence-electron chi connectivity index (χ3n) is 18.9. The maximum atomic E-state index is 15.2. The molecule has 0 aliphatic rings. The Morgan fingerprint density at radius 1 is 0.250 bits per heavy atom. The number of carbonyl (C=O) groups is 12. The Hall–Kier alpha value is -14.2. The van der Waals surface area contributed by atoms with E-state index in [-0.39, 0.29) is 205 Å². The Morgan fingerprint density at radius 3 is 0.578 bits per heavy atom. The highest BCUT2D eigenvalue weighted by atomic mass is 32.1. The summed E-state index contributed by atoms with van der Waals surface area (Å²) in [6.45, 7) is -0.0757. The van der Waals surface area contributed by atoms with E-state index in [9.17, 15) is 38.7 Å². The molecule has 0 bridgehead atoms. The molecule has 0 radical (unpaired) electrons. The molecule has 12 atom stereocenters. The lowest BCUT2D eigenvalue weighted by Gasteiger charge is -2.29. The third kappa shape index (κ3) is 49.3. The summed E-state index contributed by atoms with van der Waals surface area (Å²) >= 11 is 4.07. The second-order valence-electron chi connectivity index (χ2n) is 29.5. The Balaban J connectivity index is 2.87. The van der Waals surface area contributed by atoms with Crippen molar-refractivity contribution in [3.05, 3.63) is 71.8 Å². The van der Waals surface area contributed by atoms with Crippen LogP contribution in [-0.4, -0.2) is 267 Å². The van der Waals surface area contributed by atoms with E-state index in [0.717, 1.165) is 0 Å². The van der Waals surface area contributed by atoms with Crippen LogP contribution in [0.4, 0.5) is 0 Å². The predicted molar refractivity (Wildman–Crippen MR) is 483 cm³/mol. The molecule has 0 aliphatic heterocycles. The number of carbonyl (C=O) groups excluding carboxylic acids is 11. The summed E-state index contributed by atoms with van der Waals surface area (Å²) in [4.78, 5) is 174. The Bertz CT molecular complexity index is 4010. The van der Waals surface area contributed by atoms with Crippen molar-refractivity contribution >= 4 is 137 Å². The van der Waals surface area contributed by atoms with E-state index in [1.165, 1.54) is 0 Å². The molecule has 712 valence electrons. The van der Waals surface area contributed by atoms with Crippen LogP contribution in [0.1, 0.15) is 127 Å². The summed E-state index contributed by atoms with van der Waals surface area (Å²) in [5.41, 5.74) is 57.3. The first-order chi connectivity index (χ1) is 60.7. The number of guanidine groups is 9. The number of rotatable bonds is 64. The summed E-state index contributed by atoms with van der Waals surface area (Å²) in [5, 5.41) is 132. The largest absolute Gasteiger partial charge is 0.480 e. The van der Waals surface area contributed by atoms with E-state index >= 15 is 24.0 Å². The minimum atomic E-state index is -1.66. The van der Waals surface area contributed by atoms with Gasteiger partial charge in [-0.05, 0) is 127 Å². The highest BCUT2D eigenvalue weighted by Crippen LogP contribution is 2.14. The summed E-state index contributed by atoms with van der Waals surface area (Å²) in [5.74, 6) is -16.2. The van der Waals surface area contributed by atoms with Crippen LogP contribution in [-0.2, 0) is 70.4 Å². The van der Waals surface area contributed by atoms with Gasteiger partial charge in [-0.25, -0.2) is 4.79 Å². The van der Waals surface area contributed by atoms with Crippen LogP contribution in [0.3, 0.4) is 0 Å². The number of nitrogens with two attached hydrogens (primary N) is 10. The van der Waals surface area contributed by atoms with Gasteiger partial charge in [-0.15, -0.1) is 0 Å². The fourth-order valence-electron chi connectivity index (χ4n) is 12.4. The normalized spacial score (nSPS) is 13.5. The number of hydrogen-bond donors (Lipinski definition) is 41. The first-order valence-electron chi connectivity index (χ1n) is 41.4. The molecule has 0 unspecified atom stereocenters. The molecule has 0 aromatic heterocycles. The highest BCUT2D eigenvalue weighted by molar-refractivity contribution is 7.80. The van der Waals surface area contributed by atoms with Gasteiger partial charge >= 0.3 is 5.97 Å². The van der Waals surface area contributed by atoms with Crippen molar-refractivity contribution in [2.24, 2.45) is 57.3 Å².